The number of rotatable bonds is 4. The number of benzene rings is 2. The van der Waals surface area contributed by atoms with Crippen molar-refractivity contribution in [3.8, 4) is 16.9 Å². The molecule has 0 N–H and O–H groups in total. The van der Waals surface area contributed by atoms with E-state index in [0.717, 1.165) is 0 Å². The molecule has 6 rings (SSSR count). The fourth-order valence-corrected chi connectivity index (χ4v) is 6.77. The summed E-state index contributed by atoms with van der Waals surface area (Å²) < 4.78 is 43.0. The minimum atomic E-state index is -0.903. The van der Waals surface area contributed by atoms with Crippen molar-refractivity contribution in [2.45, 2.75) is 38.5 Å². The van der Waals surface area contributed by atoms with E-state index in [-0.39, 0.29) is 77.6 Å². The number of carbonyl (C=O) groups is 1. The Morgan fingerprint density at radius 1 is 1.05 bits per heavy atom. The zero-order chi connectivity index (χ0) is 30.6. The highest BCUT2D eigenvalue weighted by atomic mass is 35.5. The van der Waals surface area contributed by atoms with Crippen molar-refractivity contribution in [1.29, 1.82) is 0 Å². The smallest absolute Gasteiger partial charge is 0.350 e. The third kappa shape index (κ3) is 5.66. The number of anilines is 1. The van der Waals surface area contributed by atoms with Gasteiger partial charge in [-0.1, -0.05) is 29.8 Å². The largest absolute Gasteiger partial charge is 0.489 e. The molecule has 0 bridgehead atoms. The highest BCUT2D eigenvalue weighted by molar-refractivity contribution is 7.59. The van der Waals surface area contributed by atoms with Gasteiger partial charge < -0.3 is 19.3 Å². The minimum absolute atomic E-state index is 0. The predicted molar refractivity (Wildman–Crippen MR) is 172 cm³/mol. The predicted octanol–water partition coefficient (Wildman–Crippen LogP) is 4.47. The Hall–Kier alpha value is -2.90. The van der Waals surface area contributed by atoms with E-state index in [9.17, 15) is 14.0 Å². The monoisotopic (exact) mass is 667 g/mol. The van der Waals surface area contributed by atoms with Gasteiger partial charge in [-0.3, -0.25) is 14.3 Å². The van der Waals surface area contributed by atoms with Crippen molar-refractivity contribution >= 4 is 59.3 Å². The Morgan fingerprint density at radius 3 is 2.48 bits per heavy atom. The summed E-state index contributed by atoms with van der Waals surface area (Å²) >= 11 is 13.0. The van der Waals surface area contributed by atoms with Crippen LogP contribution in [0.5, 0.6) is 5.75 Å². The molecule has 2 saturated heterocycles. The Kier molecular flexibility index (Phi) is 9.48. The van der Waals surface area contributed by atoms with Crippen molar-refractivity contribution in [3.63, 3.8) is 0 Å². The summed E-state index contributed by atoms with van der Waals surface area (Å²) in [5.41, 5.74) is 0.0376. The number of nitrogens with zero attached hydrogens (tertiary/aromatic N) is 5. The molecule has 3 aliphatic heterocycles. The standard InChI is InChI=1S/C30H31Cl2F2N5O4.H2S/c1-4-25(40)37-12-17(3)38(13-16(37)2)29-20-10-22(32)26(19-9-21(31)24(34)11-23(19)33)28-27(20)39(30(41)35-29)14-18(15-43-28)36-5-7-42-8-6-36;/h4,9-11,16-18H,1,5-8,12-15H2,2-3H3;1H2/t16-,17+,18?;/m1./s1. The maximum absolute atomic E-state index is 15.3. The number of halogens is 4. The quantitative estimate of drug-likeness (QED) is 0.300. The van der Waals surface area contributed by atoms with Crippen LogP contribution in [-0.4, -0.2) is 89.4 Å². The van der Waals surface area contributed by atoms with E-state index in [1.54, 1.807) is 15.5 Å². The van der Waals surface area contributed by atoms with Gasteiger partial charge in [0.25, 0.3) is 0 Å². The number of carbonyl (C=O) groups excluding carboxylic acids is 1. The molecule has 2 aromatic carbocycles. The first-order valence-corrected chi connectivity index (χ1v) is 14.9. The van der Waals surface area contributed by atoms with Crippen LogP contribution in [0.15, 0.2) is 35.6 Å². The summed E-state index contributed by atoms with van der Waals surface area (Å²) in [6.07, 6.45) is 1.29. The van der Waals surface area contributed by atoms with E-state index in [1.807, 2.05) is 18.7 Å². The Bertz CT molecular complexity index is 1690. The van der Waals surface area contributed by atoms with Crippen LogP contribution < -0.4 is 15.3 Å². The molecular weight excluding hydrogens is 635 g/mol. The normalized spacial score (nSPS) is 22.3. The molecule has 44 heavy (non-hydrogen) atoms. The molecule has 0 saturated carbocycles. The molecule has 3 aromatic rings. The van der Waals surface area contributed by atoms with Crippen LogP contribution in [0.4, 0.5) is 14.6 Å². The Morgan fingerprint density at radius 2 is 1.77 bits per heavy atom. The van der Waals surface area contributed by atoms with E-state index < -0.39 is 17.3 Å². The third-order valence-corrected chi connectivity index (χ3v) is 9.11. The summed E-state index contributed by atoms with van der Waals surface area (Å²) in [7, 11) is 0. The number of hydrogen-bond donors (Lipinski definition) is 0. The molecule has 0 spiro atoms. The van der Waals surface area contributed by atoms with Crippen molar-refractivity contribution in [2.24, 2.45) is 0 Å². The van der Waals surface area contributed by atoms with Gasteiger partial charge in [0, 0.05) is 67.4 Å². The number of morpholine rings is 1. The van der Waals surface area contributed by atoms with Crippen molar-refractivity contribution < 1.29 is 23.0 Å². The lowest BCUT2D eigenvalue weighted by Crippen LogP contribution is -2.58. The fourth-order valence-electron chi connectivity index (χ4n) is 6.31. The van der Waals surface area contributed by atoms with E-state index in [0.29, 0.717) is 62.2 Å². The van der Waals surface area contributed by atoms with Gasteiger partial charge >= 0.3 is 5.69 Å². The molecule has 2 fully saturated rings. The van der Waals surface area contributed by atoms with Crippen molar-refractivity contribution in [1.82, 2.24) is 19.4 Å². The molecule has 1 amide bonds. The second-order valence-electron chi connectivity index (χ2n) is 11.2. The molecule has 4 heterocycles. The highest BCUT2D eigenvalue weighted by Gasteiger charge is 2.36. The average Bonchev–Trinajstić information content (AvgIpc) is 3.19. The van der Waals surface area contributed by atoms with Gasteiger partial charge in [-0.2, -0.15) is 18.5 Å². The van der Waals surface area contributed by atoms with E-state index in [4.69, 9.17) is 32.7 Å². The first-order valence-electron chi connectivity index (χ1n) is 14.1. The van der Waals surface area contributed by atoms with E-state index >= 15 is 4.39 Å². The summed E-state index contributed by atoms with van der Waals surface area (Å²) in [5.74, 6) is -1.36. The SMILES string of the molecule is C=CC(=O)N1C[C@H](C)N(c2nc(=O)n3c4c(c(-c5cc(Cl)c(F)cc5F)c(Cl)cc24)OCC(N2CCOCC2)C3)C[C@H]1C.S. The van der Waals surface area contributed by atoms with Crippen LogP contribution in [0.3, 0.4) is 0 Å². The highest BCUT2D eigenvalue weighted by Crippen LogP contribution is 2.46. The summed E-state index contributed by atoms with van der Waals surface area (Å²) in [6.45, 7) is 11.2. The van der Waals surface area contributed by atoms with Gasteiger partial charge in [-0.05, 0) is 32.1 Å². The second-order valence-corrected chi connectivity index (χ2v) is 12.0. The lowest BCUT2D eigenvalue weighted by Gasteiger charge is -2.44. The maximum atomic E-state index is 15.3. The van der Waals surface area contributed by atoms with E-state index in [1.165, 1.54) is 12.1 Å². The summed E-state index contributed by atoms with van der Waals surface area (Å²) in [4.78, 5) is 36.8. The van der Waals surface area contributed by atoms with Gasteiger partial charge in [0.05, 0.1) is 34.8 Å². The molecule has 1 aromatic heterocycles. The van der Waals surface area contributed by atoms with Crippen LogP contribution in [-0.2, 0) is 16.1 Å². The van der Waals surface area contributed by atoms with Crippen LogP contribution in [0.25, 0.3) is 22.0 Å². The van der Waals surface area contributed by atoms with Crippen LogP contribution in [0.1, 0.15) is 13.8 Å². The molecule has 3 aliphatic rings. The van der Waals surface area contributed by atoms with Gasteiger partial charge in [-0.15, -0.1) is 0 Å². The van der Waals surface area contributed by atoms with Gasteiger partial charge in [0.1, 0.15) is 24.1 Å². The lowest BCUT2D eigenvalue weighted by molar-refractivity contribution is -0.128. The molecular formula is C30H33Cl2F2N5O4S. The third-order valence-electron chi connectivity index (χ3n) is 8.52. The number of hydrogen-bond acceptors (Lipinski definition) is 7. The Labute approximate surface area is 270 Å². The van der Waals surface area contributed by atoms with Gasteiger partial charge in [0.2, 0.25) is 5.91 Å². The number of aromatic nitrogens is 2. The first kappa shape index (κ1) is 32.5. The van der Waals surface area contributed by atoms with Crippen LogP contribution in [0.2, 0.25) is 10.0 Å². The fraction of sp³-hybridized carbons (Fsp3) is 0.433. The topological polar surface area (TPSA) is 80.1 Å². The van der Waals surface area contributed by atoms with E-state index in [2.05, 4.69) is 16.5 Å². The minimum Gasteiger partial charge on any atom is -0.489 e. The van der Waals surface area contributed by atoms with Crippen LogP contribution >= 0.6 is 36.7 Å². The molecule has 3 atom stereocenters. The molecule has 9 nitrogen and oxygen atoms in total. The summed E-state index contributed by atoms with van der Waals surface area (Å²) in [5, 5.41) is 0.396. The Balaban J connectivity index is 0.00000384. The zero-order valence-corrected chi connectivity index (χ0v) is 26.8. The molecule has 236 valence electrons. The molecule has 0 aliphatic carbocycles. The van der Waals surface area contributed by atoms with Crippen molar-refractivity contribution in [2.75, 3.05) is 50.9 Å². The molecule has 0 radical (unpaired) electrons. The number of piperazine rings is 1. The van der Waals surface area contributed by atoms with Gasteiger partial charge in [-0.25, -0.2) is 13.6 Å². The zero-order valence-electron chi connectivity index (χ0n) is 24.3. The number of amides is 1. The van der Waals surface area contributed by atoms with Crippen molar-refractivity contribution in [3.05, 3.63) is 63.0 Å². The maximum Gasteiger partial charge on any atom is 0.350 e. The second kappa shape index (κ2) is 12.8. The number of ether oxygens (including phenoxy) is 2. The average molecular weight is 669 g/mol. The summed E-state index contributed by atoms with van der Waals surface area (Å²) in [6, 6.07) is 2.92. The first-order chi connectivity index (χ1) is 20.6. The molecule has 1 unspecified atom stereocenters. The van der Waals surface area contributed by atoms with Gasteiger partial charge in [0.15, 0.2) is 5.75 Å². The van der Waals surface area contributed by atoms with Crippen LogP contribution in [0, 0.1) is 11.6 Å². The lowest BCUT2D eigenvalue weighted by atomic mass is 10.00. The molecule has 14 heteroatoms.